The van der Waals surface area contributed by atoms with Gasteiger partial charge in [0.1, 0.15) is 24.3 Å². The van der Waals surface area contributed by atoms with Crippen molar-refractivity contribution in [3.63, 3.8) is 0 Å². The number of pyridine rings is 1. The molecule has 0 aliphatic carbocycles. The molecule has 0 saturated carbocycles. The molecule has 4 rings (SSSR count). The number of benzene rings is 1. The number of nitrogens with zero attached hydrogens (tertiary/aromatic N) is 4. The van der Waals surface area contributed by atoms with Gasteiger partial charge >= 0.3 is 0 Å². The van der Waals surface area contributed by atoms with Gasteiger partial charge in [0, 0.05) is 37.2 Å². The largest absolute Gasteiger partial charge is 0.493 e. The van der Waals surface area contributed by atoms with Crippen LogP contribution in [0.15, 0.2) is 49.1 Å². The summed E-state index contributed by atoms with van der Waals surface area (Å²) in [6, 6.07) is 5.61. The fourth-order valence-electron chi connectivity index (χ4n) is 4.25. The van der Waals surface area contributed by atoms with Gasteiger partial charge in [-0.2, -0.15) is 0 Å². The Morgan fingerprint density at radius 3 is 2.77 bits per heavy atom. The third-order valence-electron chi connectivity index (χ3n) is 6.25. The lowest BCUT2D eigenvalue weighted by atomic mass is 10.0. The molecule has 3 aromatic rings. The van der Waals surface area contributed by atoms with E-state index < -0.39 is 23.7 Å². The lowest BCUT2D eigenvalue weighted by molar-refractivity contribution is -0.130. The van der Waals surface area contributed by atoms with Gasteiger partial charge in [0.2, 0.25) is 11.8 Å². The van der Waals surface area contributed by atoms with Gasteiger partial charge in [-0.15, -0.1) is 0 Å². The molecule has 3 heterocycles. The van der Waals surface area contributed by atoms with Crippen LogP contribution in [0.1, 0.15) is 24.2 Å². The van der Waals surface area contributed by atoms with Crippen LogP contribution in [-0.2, 0) is 16.1 Å². The average Bonchev–Trinajstić information content (AvgIpc) is 3.38. The number of halogens is 1. The van der Waals surface area contributed by atoms with E-state index in [1.165, 1.54) is 18.2 Å². The Bertz CT molecular complexity index is 1340. The Morgan fingerprint density at radius 2 is 2.03 bits per heavy atom. The van der Waals surface area contributed by atoms with Crippen molar-refractivity contribution in [1.82, 2.24) is 30.1 Å². The van der Waals surface area contributed by atoms with Gasteiger partial charge in [0.05, 0.1) is 32.0 Å². The third kappa shape index (κ3) is 6.70. The van der Waals surface area contributed by atoms with E-state index in [0.29, 0.717) is 30.4 Å². The zero-order valence-electron chi connectivity index (χ0n) is 22.0. The minimum atomic E-state index is -0.821. The summed E-state index contributed by atoms with van der Waals surface area (Å²) in [5, 5.41) is 5.60. The average molecular weight is 539 g/mol. The number of aromatic nitrogens is 3. The molecule has 0 fully saturated rings. The maximum atomic E-state index is 13.8. The molecule has 2 N–H and O–H groups in total. The first-order valence-electron chi connectivity index (χ1n) is 12.6. The highest BCUT2D eigenvalue weighted by molar-refractivity contribution is 5.97. The van der Waals surface area contributed by atoms with Crippen LogP contribution in [0.2, 0.25) is 0 Å². The molecule has 39 heavy (non-hydrogen) atoms. The second kappa shape index (κ2) is 12.4. The maximum Gasteiger partial charge on any atom is 0.256 e. The number of amides is 3. The van der Waals surface area contributed by atoms with Gasteiger partial charge in [-0.1, -0.05) is 13.8 Å². The summed E-state index contributed by atoms with van der Waals surface area (Å²) in [5.74, 6) is -0.804. The van der Waals surface area contributed by atoms with Crippen molar-refractivity contribution in [2.24, 2.45) is 5.92 Å². The standard InChI is InChI=1S/C27H31FN6O5/c1-17(2)24-26(36)31-7-9-33-8-6-30-25(33)18-4-5-21(38-3)22(13-18)39-11-10-34(16-23(35)32-24)27(37)19-12-20(28)15-29-14-19/h4-6,8,12-15,17,24H,7,9-11,16H2,1-3H3,(H,31,36)(H,32,35)/t24-/m1/s1. The predicted molar refractivity (Wildman–Crippen MR) is 140 cm³/mol. The molecule has 0 unspecified atom stereocenters. The lowest BCUT2D eigenvalue weighted by Gasteiger charge is -2.26. The Hall–Kier alpha value is -4.48. The van der Waals surface area contributed by atoms with Crippen LogP contribution in [0.25, 0.3) is 11.4 Å². The second-order valence-electron chi connectivity index (χ2n) is 9.36. The summed E-state index contributed by atoms with van der Waals surface area (Å²) >= 11 is 0. The van der Waals surface area contributed by atoms with Gasteiger partial charge in [-0.25, -0.2) is 9.37 Å². The van der Waals surface area contributed by atoms with Crippen LogP contribution in [-0.4, -0.2) is 76.5 Å². The molecule has 0 radical (unpaired) electrons. The summed E-state index contributed by atoms with van der Waals surface area (Å²) in [6.07, 6.45) is 5.70. The summed E-state index contributed by atoms with van der Waals surface area (Å²) in [4.78, 5) is 48.7. The fourth-order valence-corrected chi connectivity index (χ4v) is 4.25. The van der Waals surface area contributed by atoms with E-state index in [0.717, 1.165) is 17.8 Å². The Labute approximate surface area is 225 Å². The van der Waals surface area contributed by atoms with Crippen LogP contribution in [0.5, 0.6) is 11.5 Å². The van der Waals surface area contributed by atoms with Crippen molar-refractivity contribution >= 4 is 17.7 Å². The van der Waals surface area contributed by atoms with E-state index in [2.05, 4.69) is 20.6 Å². The van der Waals surface area contributed by atoms with E-state index in [-0.39, 0.29) is 37.1 Å². The van der Waals surface area contributed by atoms with Crippen LogP contribution in [0.3, 0.4) is 0 Å². The molecule has 1 aliphatic rings. The van der Waals surface area contributed by atoms with Crippen molar-refractivity contribution < 1.29 is 28.2 Å². The van der Waals surface area contributed by atoms with E-state index >= 15 is 0 Å². The predicted octanol–water partition coefficient (Wildman–Crippen LogP) is 1.88. The van der Waals surface area contributed by atoms with E-state index in [1.54, 1.807) is 18.3 Å². The van der Waals surface area contributed by atoms with Gasteiger partial charge in [-0.05, 0) is 30.2 Å². The van der Waals surface area contributed by atoms with Crippen molar-refractivity contribution in [2.45, 2.75) is 26.4 Å². The number of carbonyl (C=O) groups is 3. The molecule has 0 saturated heterocycles. The first kappa shape index (κ1) is 27.6. The number of rotatable bonds is 3. The van der Waals surface area contributed by atoms with Gasteiger partial charge < -0.3 is 29.6 Å². The summed E-state index contributed by atoms with van der Waals surface area (Å²) in [5.41, 5.74) is 0.750. The third-order valence-corrected chi connectivity index (χ3v) is 6.25. The van der Waals surface area contributed by atoms with Crippen LogP contribution in [0, 0.1) is 11.7 Å². The Morgan fingerprint density at radius 1 is 1.21 bits per heavy atom. The van der Waals surface area contributed by atoms with E-state index in [1.807, 2.05) is 30.7 Å². The number of imidazole rings is 1. The van der Waals surface area contributed by atoms with E-state index in [9.17, 15) is 18.8 Å². The quantitative estimate of drug-likeness (QED) is 0.521. The molecule has 11 nitrogen and oxygen atoms in total. The minimum absolute atomic E-state index is 0.00408. The zero-order valence-corrected chi connectivity index (χ0v) is 22.0. The number of carbonyl (C=O) groups excluding carboxylic acids is 3. The monoisotopic (exact) mass is 538 g/mol. The number of nitrogens with one attached hydrogen (secondary N) is 2. The lowest BCUT2D eigenvalue weighted by Crippen LogP contribution is -2.53. The Balaban J connectivity index is 1.67. The molecule has 2 aromatic heterocycles. The molecular formula is C27H31FN6O5. The number of methoxy groups -OCH3 is 1. The van der Waals surface area contributed by atoms with Crippen LogP contribution in [0.4, 0.5) is 4.39 Å². The summed E-state index contributed by atoms with van der Waals surface area (Å²) in [7, 11) is 1.52. The molecule has 206 valence electrons. The highest BCUT2D eigenvalue weighted by Crippen LogP contribution is 2.32. The van der Waals surface area contributed by atoms with Gasteiger partial charge in [0.15, 0.2) is 11.5 Å². The highest BCUT2D eigenvalue weighted by atomic mass is 19.1. The molecule has 1 atom stereocenters. The number of fused-ring (bicyclic) bond motifs is 4. The fraction of sp³-hybridized carbons (Fsp3) is 0.370. The molecular weight excluding hydrogens is 507 g/mol. The topological polar surface area (TPSA) is 128 Å². The molecule has 1 aromatic carbocycles. The van der Waals surface area contributed by atoms with Crippen LogP contribution < -0.4 is 20.1 Å². The Kier molecular flexibility index (Phi) is 8.74. The second-order valence-corrected chi connectivity index (χ2v) is 9.36. The number of hydrogen-bond donors (Lipinski definition) is 2. The SMILES string of the molecule is COc1ccc2cc1OCCN(C(=O)c1cncc(F)c1)CC(=O)N[C@H](C(C)C)C(=O)NCCn1ccnc1-2. The van der Waals surface area contributed by atoms with Gasteiger partial charge in [-0.3, -0.25) is 19.4 Å². The summed E-state index contributed by atoms with van der Waals surface area (Å²) in [6.45, 7) is 4.01. The summed E-state index contributed by atoms with van der Waals surface area (Å²) < 4.78 is 27.1. The molecule has 12 heteroatoms. The van der Waals surface area contributed by atoms with Crippen molar-refractivity contribution in [3.05, 3.63) is 60.4 Å². The van der Waals surface area contributed by atoms with Crippen LogP contribution >= 0.6 is 0 Å². The number of ether oxygens (including phenoxy) is 2. The first-order valence-corrected chi connectivity index (χ1v) is 12.6. The highest BCUT2D eigenvalue weighted by Gasteiger charge is 2.27. The first-order chi connectivity index (χ1) is 18.8. The van der Waals surface area contributed by atoms with Crippen molar-refractivity contribution in [1.29, 1.82) is 0 Å². The molecule has 1 aliphatic heterocycles. The van der Waals surface area contributed by atoms with Crippen molar-refractivity contribution in [3.8, 4) is 22.9 Å². The minimum Gasteiger partial charge on any atom is -0.493 e. The molecule has 2 bridgehead atoms. The van der Waals surface area contributed by atoms with Crippen molar-refractivity contribution in [2.75, 3.05) is 33.4 Å². The maximum absolute atomic E-state index is 13.8. The molecule has 0 spiro atoms. The zero-order chi connectivity index (χ0) is 27.9. The smallest absolute Gasteiger partial charge is 0.256 e. The molecule has 3 amide bonds. The normalized spacial score (nSPS) is 16.9. The van der Waals surface area contributed by atoms with E-state index in [4.69, 9.17) is 9.47 Å². The van der Waals surface area contributed by atoms with Gasteiger partial charge in [0.25, 0.3) is 5.91 Å². The number of hydrogen-bond acceptors (Lipinski definition) is 7.